The van der Waals surface area contributed by atoms with Crippen molar-refractivity contribution in [2.24, 2.45) is 0 Å². The lowest BCUT2D eigenvalue weighted by Gasteiger charge is -2.19. The molecule has 0 aliphatic heterocycles. The third-order valence-electron chi connectivity index (χ3n) is 4.62. The predicted molar refractivity (Wildman–Crippen MR) is 107 cm³/mol. The number of nitrogens with zero attached hydrogens (tertiary/aromatic N) is 4. The Bertz CT molecular complexity index is 1030. The van der Waals surface area contributed by atoms with Crippen LogP contribution < -0.4 is 5.32 Å². The summed E-state index contributed by atoms with van der Waals surface area (Å²) in [6.07, 6.45) is -1.91. The van der Waals surface area contributed by atoms with Crippen LogP contribution in [0.2, 0.25) is 0 Å². The first-order chi connectivity index (χ1) is 14.1. The summed E-state index contributed by atoms with van der Waals surface area (Å²) in [5, 5.41) is 6.52. The molecular weight excluding hydrogens is 395 g/mol. The van der Waals surface area contributed by atoms with E-state index in [-0.39, 0.29) is 12.2 Å². The average molecular weight is 417 g/mol. The maximum atomic E-state index is 13.1. The zero-order valence-electron chi connectivity index (χ0n) is 16.9. The van der Waals surface area contributed by atoms with Gasteiger partial charge < -0.3 is 5.32 Å². The number of amides is 1. The molecule has 0 saturated carbocycles. The monoisotopic (exact) mass is 417 g/mol. The van der Waals surface area contributed by atoms with Crippen molar-refractivity contribution >= 4 is 11.6 Å². The summed E-state index contributed by atoms with van der Waals surface area (Å²) in [4.78, 5) is 18.2. The Morgan fingerprint density at radius 1 is 1.17 bits per heavy atom. The van der Waals surface area contributed by atoms with E-state index in [1.54, 1.807) is 11.9 Å². The van der Waals surface area contributed by atoms with Gasteiger partial charge in [0.05, 0.1) is 23.5 Å². The number of nitrogens with one attached hydrogen (secondary N) is 1. The molecule has 0 aliphatic carbocycles. The first-order valence-electron chi connectivity index (χ1n) is 9.24. The van der Waals surface area contributed by atoms with Gasteiger partial charge in [0.2, 0.25) is 5.91 Å². The predicted octanol–water partition coefficient (Wildman–Crippen LogP) is 3.97. The van der Waals surface area contributed by atoms with E-state index in [9.17, 15) is 18.0 Å². The molecule has 1 N–H and O–H groups in total. The normalized spacial score (nSPS) is 11.7. The molecule has 1 amide bonds. The van der Waals surface area contributed by atoms with E-state index in [4.69, 9.17) is 0 Å². The highest BCUT2D eigenvalue weighted by atomic mass is 19.4. The van der Waals surface area contributed by atoms with Gasteiger partial charge in [-0.05, 0) is 50.2 Å². The Balaban J connectivity index is 1.76. The molecule has 158 valence electrons. The highest BCUT2D eigenvalue weighted by Gasteiger charge is 2.31. The van der Waals surface area contributed by atoms with E-state index in [2.05, 4.69) is 21.5 Å². The van der Waals surface area contributed by atoms with Gasteiger partial charge in [0.1, 0.15) is 12.7 Å². The minimum Gasteiger partial charge on any atom is -0.323 e. The highest BCUT2D eigenvalue weighted by Crippen LogP contribution is 2.33. The molecule has 2 aromatic carbocycles. The summed E-state index contributed by atoms with van der Waals surface area (Å²) in [7, 11) is 1.78. The zero-order chi connectivity index (χ0) is 21.9. The van der Waals surface area contributed by atoms with Crippen LogP contribution in [0.3, 0.4) is 0 Å². The van der Waals surface area contributed by atoms with Crippen LogP contribution >= 0.6 is 0 Å². The lowest BCUT2D eigenvalue weighted by atomic mass is 10.1. The molecule has 0 spiro atoms. The van der Waals surface area contributed by atoms with Crippen molar-refractivity contribution in [3.05, 3.63) is 71.3 Å². The van der Waals surface area contributed by atoms with Crippen molar-refractivity contribution in [2.45, 2.75) is 26.6 Å². The number of halogens is 3. The number of alkyl halides is 3. The topological polar surface area (TPSA) is 63.1 Å². The van der Waals surface area contributed by atoms with Crippen molar-refractivity contribution in [1.82, 2.24) is 19.7 Å². The van der Waals surface area contributed by atoms with Gasteiger partial charge in [0, 0.05) is 6.54 Å². The van der Waals surface area contributed by atoms with Crippen molar-refractivity contribution in [2.75, 3.05) is 18.9 Å². The molecule has 3 aromatic rings. The molecule has 0 fully saturated rings. The van der Waals surface area contributed by atoms with Crippen LogP contribution in [-0.4, -0.2) is 39.2 Å². The number of carbonyl (C=O) groups is 1. The van der Waals surface area contributed by atoms with Crippen molar-refractivity contribution in [1.29, 1.82) is 0 Å². The van der Waals surface area contributed by atoms with E-state index in [0.717, 1.165) is 28.8 Å². The zero-order valence-corrected chi connectivity index (χ0v) is 16.9. The van der Waals surface area contributed by atoms with Gasteiger partial charge in [-0.3, -0.25) is 9.69 Å². The van der Waals surface area contributed by atoms with Crippen molar-refractivity contribution in [3.63, 3.8) is 0 Å². The van der Waals surface area contributed by atoms with Gasteiger partial charge in [-0.1, -0.05) is 23.8 Å². The van der Waals surface area contributed by atoms with Gasteiger partial charge in [-0.2, -0.15) is 18.3 Å². The summed E-state index contributed by atoms with van der Waals surface area (Å²) < 4.78 is 40.7. The molecule has 0 aliphatic rings. The molecular formula is C21H22F3N5O. The Morgan fingerprint density at radius 2 is 1.93 bits per heavy atom. The van der Waals surface area contributed by atoms with Crippen LogP contribution in [0.1, 0.15) is 22.3 Å². The number of hydrogen-bond acceptors (Lipinski definition) is 4. The lowest BCUT2D eigenvalue weighted by Crippen LogP contribution is -2.30. The van der Waals surface area contributed by atoms with E-state index < -0.39 is 17.6 Å². The number of rotatable bonds is 6. The van der Waals surface area contributed by atoms with Crippen molar-refractivity contribution in [3.8, 4) is 5.69 Å². The fourth-order valence-corrected chi connectivity index (χ4v) is 3.15. The fraction of sp³-hybridized carbons (Fsp3) is 0.286. The average Bonchev–Trinajstić information content (AvgIpc) is 3.17. The number of aryl methyl sites for hydroxylation is 2. The van der Waals surface area contributed by atoms with Gasteiger partial charge in [0.15, 0.2) is 0 Å². The van der Waals surface area contributed by atoms with E-state index in [1.165, 1.54) is 23.4 Å². The Kier molecular flexibility index (Phi) is 6.21. The van der Waals surface area contributed by atoms with Crippen LogP contribution in [-0.2, 0) is 17.5 Å². The minimum atomic E-state index is -4.53. The van der Waals surface area contributed by atoms with Gasteiger partial charge in [0.25, 0.3) is 0 Å². The van der Waals surface area contributed by atoms with E-state index in [1.807, 2.05) is 26.0 Å². The number of anilines is 1. The molecule has 9 heteroatoms. The van der Waals surface area contributed by atoms with Crippen molar-refractivity contribution < 1.29 is 18.0 Å². The maximum Gasteiger partial charge on any atom is 0.416 e. The minimum absolute atomic E-state index is 0.0141. The molecule has 6 nitrogen and oxygen atoms in total. The molecule has 1 heterocycles. The molecule has 1 aromatic heterocycles. The first-order valence-corrected chi connectivity index (χ1v) is 9.24. The van der Waals surface area contributed by atoms with Gasteiger partial charge >= 0.3 is 6.18 Å². The smallest absolute Gasteiger partial charge is 0.323 e. The second-order valence-corrected chi connectivity index (χ2v) is 7.22. The summed E-state index contributed by atoms with van der Waals surface area (Å²) in [5.41, 5.74) is 2.81. The summed E-state index contributed by atoms with van der Waals surface area (Å²) in [6.45, 7) is 4.57. The van der Waals surface area contributed by atoms with Gasteiger partial charge in [-0.15, -0.1) is 0 Å². The molecule has 30 heavy (non-hydrogen) atoms. The molecule has 0 bridgehead atoms. The number of carbonyl (C=O) groups excluding carboxylic acids is 1. The second kappa shape index (κ2) is 8.66. The quantitative estimate of drug-likeness (QED) is 0.659. The molecule has 0 saturated heterocycles. The number of likely N-dealkylation sites (N-methyl/N-ethyl adjacent to an activating group) is 1. The standard InChI is InChI=1S/C21H22F3N5O/c1-14-4-5-16(15(2)8-14)10-28(3)11-20(30)27-18-9-17(21(22,23)24)6-7-19(18)29-13-25-12-26-29/h4-9,12-13H,10-11H2,1-3H3,(H,27,30). The SMILES string of the molecule is Cc1ccc(CN(C)CC(=O)Nc2cc(C(F)(F)F)ccc2-n2cncn2)c(C)c1. The van der Waals surface area contributed by atoms with Crippen LogP contribution in [0.5, 0.6) is 0 Å². The summed E-state index contributed by atoms with van der Waals surface area (Å²) in [6, 6.07) is 9.18. The Hall–Kier alpha value is -3.20. The molecule has 3 rings (SSSR count). The fourth-order valence-electron chi connectivity index (χ4n) is 3.15. The summed E-state index contributed by atoms with van der Waals surface area (Å²) >= 11 is 0. The maximum absolute atomic E-state index is 13.1. The molecule has 0 unspecified atom stereocenters. The van der Waals surface area contributed by atoms with Crippen LogP contribution in [0.25, 0.3) is 5.69 Å². The Morgan fingerprint density at radius 3 is 2.57 bits per heavy atom. The number of hydrogen-bond donors (Lipinski definition) is 1. The summed E-state index contributed by atoms with van der Waals surface area (Å²) in [5.74, 6) is -0.428. The Labute approximate surface area is 172 Å². The van der Waals surface area contributed by atoms with E-state index in [0.29, 0.717) is 12.2 Å². The third kappa shape index (κ3) is 5.24. The third-order valence-corrected chi connectivity index (χ3v) is 4.62. The first kappa shape index (κ1) is 21.5. The van der Waals surface area contributed by atoms with E-state index >= 15 is 0 Å². The molecule has 0 atom stereocenters. The van der Waals surface area contributed by atoms with Gasteiger partial charge in [-0.25, -0.2) is 9.67 Å². The second-order valence-electron chi connectivity index (χ2n) is 7.22. The van der Waals surface area contributed by atoms with Crippen LogP contribution in [0.4, 0.5) is 18.9 Å². The number of benzene rings is 2. The largest absolute Gasteiger partial charge is 0.416 e. The lowest BCUT2D eigenvalue weighted by molar-refractivity contribution is -0.137. The number of aromatic nitrogens is 3. The highest BCUT2D eigenvalue weighted by molar-refractivity contribution is 5.94. The van der Waals surface area contributed by atoms with Crippen LogP contribution in [0.15, 0.2) is 49.1 Å². The molecule has 0 radical (unpaired) electrons. The van der Waals surface area contributed by atoms with Crippen LogP contribution in [0, 0.1) is 13.8 Å².